The third kappa shape index (κ3) is 4.24. The van der Waals surface area contributed by atoms with Gasteiger partial charge in [0.2, 0.25) is 17.7 Å². The number of hydrogen-bond donors (Lipinski definition) is 2. The average molecular weight is 342 g/mol. The van der Waals surface area contributed by atoms with E-state index in [-0.39, 0.29) is 24.8 Å². The summed E-state index contributed by atoms with van der Waals surface area (Å²) in [5.74, 6) is 0.259. The fraction of sp³-hybridized carbons (Fsp3) is 0.389. The Labute approximate surface area is 146 Å². The third-order valence-corrected chi connectivity index (χ3v) is 4.27. The van der Waals surface area contributed by atoms with Gasteiger partial charge in [0.15, 0.2) is 0 Å². The van der Waals surface area contributed by atoms with Crippen LogP contribution < -0.4 is 10.6 Å². The molecule has 0 radical (unpaired) electrons. The highest BCUT2D eigenvalue weighted by Gasteiger charge is 2.30. The van der Waals surface area contributed by atoms with E-state index in [2.05, 4.69) is 15.6 Å². The van der Waals surface area contributed by atoms with E-state index in [1.807, 2.05) is 42.2 Å². The van der Waals surface area contributed by atoms with Crippen molar-refractivity contribution >= 4 is 11.8 Å². The van der Waals surface area contributed by atoms with Gasteiger partial charge < -0.3 is 15.1 Å². The highest BCUT2D eigenvalue weighted by atomic mass is 16.3. The lowest BCUT2D eigenvalue weighted by Gasteiger charge is -2.33. The summed E-state index contributed by atoms with van der Waals surface area (Å²) in [5, 5.41) is 5.62. The molecule has 25 heavy (non-hydrogen) atoms. The van der Waals surface area contributed by atoms with E-state index >= 15 is 0 Å². The molecule has 1 saturated heterocycles. The fourth-order valence-corrected chi connectivity index (χ4v) is 2.90. The smallest absolute Gasteiger partial charge is 0.237 e. The van der Waals surface area contributed by atoms with E-state index in [1.165, 1.54) is 6.26 Å². The molecule has 1 aromatic heterocycles. The second kappa shape index (κ2) is 7.94. The number of likely N-dealkylation sites (N-methyl/N-ethyl adjacent to an activating group) is 1. The van der Waals surface area contributed by atoms with Gasteiger partial charge in [0, 0.05) is 18.7 Å². The number of rotatable bonds is 6. The normalized spacial score (nSPS) is 18.0. The molecule has 3 rings (SSSR count). The Balaban J connectivity index is 1.54. The number of oxazole rings is 1. The second-order valence-corrected chi connectivity index (χ2v) is 5.93. The Morgan fingerprint density at radius 3 is 2.96 bits per heavy atom. The van der Waals surface area contributed by atoms with Crippen LogP contribution >= 0.6 is 0 Å². The Morgan fingerprint density at radius 2 is 2.20 bits per heavy atom. The SMILES string of the molecule is CCN1CCNC(=O)C1CC(=O)NCc1coc(-c2ccccc2)n1. The van der Waals surface area contributed by atoms with Gasteiger partial charge in [0.25, 0.3) is 0 Å². The summed E-state index contributed by atoms with van der Waals surface area (Å²) in [6.45, 7) is 4.41. The van der Waals surface area contributed by atoms with Crippen LogP contribution in [0.3, 0.4) is 0 Å². The topological polar surface area (TPSA) is 87.5 Å². The lowest BCUT2D eigenvalue weighted by molar-refractivity contribution is -0.133. The van der Waals surface area contributed by atoms with Gasteiger partial charge in [-0.2, -0.15) is 0 Å². The van der Waals surface area contributed by atoms with Crippen molar-refractivity contribution < 1.29 is 14.0 Å². The highest BCUT2D eigenvalue weighted by molar-refractivity contribution is 5.88. The molecular formula is C18H22N4O3. The zero-order valence-corrected chi connectivity index (χ0v) is 14.2. The lowest BCUT2D eigenvalue weighted by atomic mass is 10.1. The highest BCUT2D eigenvalue weighted by Crippen LogP contribution is 2.17. The molecule has 2 N–H and O–H groups in total. The largest absolute Gasteiger partial charge is 0.444 e. The maximum Gasteiger partial charge on any atom is 0.237 e. The fourth-order valence-electron chi connectivity index (χ4n) is 2.90. The summed E-state index contributed by atoms with van der Waals surface area (Å²) in [6, 6.07) is 9.17. The van der Waals surface area contributed by atoms with Crippen molar-refractivity contribution in [1.29, 1.82) is 0 Å². The van der Waals surface area contributed by atoms with Gasteiger partial charge >= 0.3 is 0 Å². The van der Waals surface area contributed by atoms with Crippen molar-refractivity contribution in [3.05, 3.63) is 42.3 Å². The number of hydrogen-bond acceptors (Lipinski definition) is 5. The van der Waals surface area contributed by atoms with E-state index in [1.54, 1.807) is 0 Å². The van der Waals surface area contributed by atoms with Gasteiger partial charge in [-0.15, -0.1) is 0 Å². The third-order valence-electron chi connectivity index (χ3n) is 4.27. The first-order chi connectivity index (χ1) is 12.2. The summed E-state index contributed by atoms with van der Waals surface area (Å²) in [7, 11) is 0. The van der Waals surface area contributed by atoms with Crippen LogP contribution in [-0.4, -0.2) is 47.4 Å². The second-order valence-electron chi connectivity index (χ2n) is 5.93. The van der Waals surface area contributed by atoms with Crippen molar-refractivity contribution in [2.75, 3.05) is 19.6 Å². The number of piperazine rings is 1. The molecule has 1 fully saturated rings. The van der Waals surface area contributed by atoms with E-state index in [0.717, 1.165) is 18.7 Å². The molecular weight excluding hydrogens is 320 g/mol. The molecule has 1 atom stereocenters. The Kier molecular flexibility index (Phi) is 5.45. The zero-order chi connectivity index (χ0) is 17.6. The first kappa shape index (κ1) is 17.2. The van der Waals surface area contributed by atoms with Crippen molar-refractivity contribution in [2.45, 2.75) is 25.9 Å². The standard InChI is InChI=1S/C18H22N4O3/c1-2-22-9-8-19-17(24)15(22)10-16(23)20-11-14-12-25-18(21-14)13-6-4-3-5-7-13/h3-7,12,15H,2,8-11H2,1H3,(H,19,24)(H,20,23). The van der Waals surface area contributed by atoms with Gasteiger partial charge in [0.05, 0.1) is 24.7 Å². The summed E-state index contributed by atoms with van der Waals surface area (Å²) >= 11 is 0. The van der Waals surface area contributed by atoms with Gasteiger partial charge in [-0.05, 0) is 18.7 Å². The minimum absolute atomic E-state index is 0.0870. The number of amides is 2. The molecule has 7 nitrogen and oxygen atoms in total. The maximum atomic E-state index is 12.2. The monoisotopic (exact) mass is 342 g/mol. The van der Waals surface area contributed by atoms with Crippen molar-refractivity contribution in [2.24, 2.45) is 0 Å². The number of nitrogens with one attached hydrogen (secondary N) is 2. The minimum Gasteiger partial charge on any atom is -0.444 e. The molecule has 1 unspecified atom stereocenters. The molecule has 132 valence electrons. The van der Waals surface area contributed by atoms with E-state index < -0.39 is 6.04 Å². The van der Waals surface area contributed by atoms with Crippen LogP contribution in [0.15, 0.2) is 41.0 Å². The number of carbonyl (C=O) groups is 2. The van der Waals surface area contributed by atoms with Crippen LogP contribution in [-0.2, 0) is 16.1 Å². The van der Waals surface area contributed by atoms with Crippen molar-refractivity contribution in [3.8, 4) is 11.5 Å². The molecule has 2 amide bonds. The van der Waals surface area contributed by atoms with Gasteiger partial charge in [-0.3, -0.25) is 14.5 Å². The first-order valence-corrected chi connectivity index (χ1v) is 8.45. The predicted molar refractivity (Wildman–Crippen MR) is 92.4 cm³/mol. The average Bonchev–Trinajstić information content (AvgIpc) is 3.11. The summed E-state index contributed by atoms with van der Waals surface area (Å²) in [6.07, 6.45) is 1.68. The number of benzene rings is 1. The molecule has 2 heterocycles. The summed E-state index contributed by atoms with van der Waals surface area (Å²) in [4.78, 5) is 30.6. The van der Waals surface area contributed by atoms with Crippen LogP contribution in [0.4, 0.5) is 0 Å². The molecule has 7 heteroatoms. The van der Waals surface area contributed by atoms with Crippen molar-refractivity contribution in [3.63, 3.8) is 0 Å². The zero-order valence-electron chi connectivity index (χ0n) is 14.2. The van der Waals surface area contributed by atoms with Crippen LogP contribution in [0.5, 0.6) is 0 Å². The van der Waals surface area contributed by atoms with E-state index in [0.29, 0.717) is 18.1 Å². The first-order valence-electron chi connectivity index (χ1n) is 8.45. The van der Waals surface area contributed by atoms with Gasteiger partial charge in [0.1, 0.15) is 6.26 Å². The molecule has 0 bridgehead atoms. The molecule has 0 spiro atoms. The van der Waals surface area contributed by atoms with Crippen LogP contribution in [0.1, 0.15) is 19.0 Å². The van der Waals surface area contributed by atoms with Crippen LogP contribution in [0.2, 0.25) is 0 Å². The number of aromatic nitrogens is 1. The number of nitrogens with zero attached hydrogens (tertiary/aromatic N) is 2. The van der Waals surface area contributed by atoms with Gasteiger partial charge in [-0.1, -0.05) is 25.1 Å². The molecule has 2 aromatic rings. The van der Waals surface area contributed by atoms with E-state index in [9.17, 15) is 9.59 Å². The Morgan fingerprint density at radius 1 is 1.40 bits per heavy atom. The van der Waals surface area contributed by atoms with Gasteiger partial charge in [-0.25, -0.2) is 4.98 Å². The Hall–Kier alpha value is -2.67. The van der Waals surface area contributed by atoms with Crippen molar-refractivity contribution in [1.82, 2.24) is 20.5 Å². The Bertz CT molecular complexity index is 729. The summed E-state index contributed by atoms with van der Waals surface area (Å²) in [5.41, 5.74) is 1.53. The quantitative estimate of drug-likeness (QED) is 0.823. The summed E-state index contributed by atoms with van der Waals surface area (Å²) < 4.78 is 5.45. The molecule has 0 saturated carbocycles. The molecule has 1 aromatic carbocycles. The van der Waals surface area contributed by atoms with Crippen LogP contribution in [0.25, 0.3) is 11.5 Å². The predicted octanol–water partition coefficient (Wildman–Crippen LogP) is 1.17. The number of carbonyl (C=O) groups excluding carboxylic acids is 2. The van der Waals surface area contributed by atoms with E-state index in [4.69, 9.17) is 4.42 Å². The molecule has 1 aliphatic heterocycles. The lowest BCUT2D eigenvalue weighted by Crippen LogP contribution is -2.56. The molecule has 0 aliphatic carbocycles. The minimum atomic E-state index is -0.407. The van der Waals surface area contributed by atoms with Crippen LogP contribution in [0, 0.1) is 0 Å². The molecule has 1 aliphatic rings. The maximum absolute atomic E-state index is 12.2.